The van der Waals surface area contributed by atoms with Gasteiger partial charge in [0.1, 0.15) is 0 Å². The maximum atomic E-state index is 11.9. The lowest BCUT2D eigenvalue weighted by Gasteiger charge is -2.07. The number of nitrogens with zero attached hydrogens (tertiary/aromatic N) is 1. The van der Waals surface area contributed by atoms with Crippen LogP contribution in [0.25, 0.3) is 10.9 Å². The Morgan fingerprint density at radius 3 is 2.43 bits per heavy atom. The van der Waals surface area contributed by atoms with E-state index in [9.17, 15) is 14.4 Å². The number of hydrogen-bond donors (Lipinski definition) is 1. The molecule has 0 atom stereocenters. The number of fused-ring (bicyclic) bond motifs is 1. The summed E-state index contributed by atoms with van der Waals surface area (Å²) in [6.07, 6.45) is -0.172. The molecule has 0 fully saturated rings. The van der Waals surface area contributed by atoms with Crippen LogP contribution in [0.2, 0.25) is 0 Å². The van der Waals surface area contributed by atoms with Gasteiger partial charge in [-0.15, -0.1) is 0 Å². The van der Waals surface area contributed by atoms with Gasteiger partial charge in [0.05, 0.1) is 11.9 Å². The van der Waals surface area contributed by atoms with Gasteiger partial charge in [-0.25, -0.2) is 0 Å². The first-order chi connectivity index (χ1) is 9.91. The summed E-state index contributed by atoms with van der Waals surface area (Å²) in [5.74, 6) is -0.871. The zero-order valence-corrected chi connectivity index (χ0v) is 12.6. The first kappa shape index (κ1) is 15.3. The number of carboxylic acid groups (broad SMARTS) is 1. The Hall–Kier alpha value is -2.08. The van der Waals surface area contributed by atoms with Gasteiger partial charge in [-0.1, -0.05) is 30.0 Å². The second-order valence-corrected chi connectivity index (χ2v) is 5.80. The second-order valence-electron chi connectivity index (χ2n) is 4.65. The van der Waals surface area contributed by atoms with E-state index in [1.807, 2.05) is 0 Å². The van der Waals surface area contributed by atoms with Crippen molar-refractivity contribution in [1.82, 2.24) is 4.57 Å². The molecule has 0 saturated heterocycles. The third kappa shape index (κ3) is 3.16. The highest BCUT2D eigenvalue weighted by molar-refractivity contribution is 8.12. The topological polar surface area (TPSA) is 76.4 Å². The molecule has 1 heterocycles. The molecule has 0 aliphatic carbocycles. The van der Waals surface area contributed by atoms with Crippen LogP contribution in [0.3, 0.4) is 0 Å². The Labute approximate surface area is 125 Å². The molecular formula is C15H15NO4S. The molecule has 0 radical (unpaired) electrons. The molecule has 21 heavy (non-hydrogen) atoms. The van der Waals surface area contributed by atoms with Gasteiger partial charge in [-0.05, 0) is 11.6 Å². The van der Waals surface area contributed by atoms with Crippen molar-refractivity contribution in [1.29, 1.82) is 0 Å². The number of aromatic nitrogens is 1. The number of thioether (sulfide) groups is 1. The van der Waals surface area contributed by atoms with Gasteiger partial charge in [0.25, 0.3) is 0 Å². The van der Waals surface area contributed by atoms with Gasteiger partial charge in [0, 0.05) is 30.7 Å². The van der Waals surface area contributed by atoms with E-state index < -0.39 is 5.97 Å². The fraction of sp³-hybridized carbons (Fsp3) is 0.267. The lowest BCUT2D eigenvalue weighted by atomic mass is 10.1. The van der Waals surface area contributed by atoms with Gasteiger partial charge in [-0.2, -0.15) is 0 Å². The third-order valence-electron chi connectivity index (χ3n) is 3.14. The number of carbonyl (C=O) groups excluding carboxylic acids is 2. The Morgan fingerprint density at radius 2 is 1.86 bits per heavy atom. The molecule has 1 aromatic heterocycles. The van der Waals surface area contributed by atoms with E-state index in [1.165, 1.54) is 18.4 Å². The summed E-state index contributed by atoms with van der Waals surface area (Å²) in [7, 11) is 0. The maximum Gasteiger partial charge on any atom is 0.307 e. The van der Waals surface area contributed by atoms with E-state index in [0.717, 1.165) is 17.1 Å². The van der Waals surface area contributed by atoms with Crippen molar-refractivity contribution in [2.45, 2.75) is 26.0 Å². The first-order valence-corrected chi connectivity index (χ1v) is 7.37. The molecule has 6 heteroatoms. The zero-order chi connectivity index (χ0) is 15.6. The van der Waals surface area contributed by atoms with Crippen LogP contribution in [0.5, 0.6) is 0 Å². The van der Waals surface area contributed by atoms with Crippen LogP contribution < -0.4 is 0 Å². The number of aliphatic carboxylic acids is 1. The zero-order valence-electron chi connectivity index (χ0n) is 11.8. The molecule has 0 bridgehead atoms. The molecular weight excluding hydrogens is 290 g/mol. The van der Waals surface area contributed by atoms with Gasteiger partial charge in [-0.3, -0.25) is 19.0 Å². The SMILES string of the molecule is CC(=O)SCc1c(CC(=O)O)c2ccccc2n1C(C)=O. The maximum absolute atomic E-state index is 11.9. The molecule has 2 rings (SSSR count). The molecule has 110 valence electrons. The van der Waals surface area contributed by atoms with E-state index in [1.54, 1.807) is 24.3 Å². The Morgan fingerprint density at radius 1 is 1.19 bits per heavy atom. The van der Waals surface area contributed by atoms with E-state index in [2.05, 4.69) is 0 Å². The summed E-state index contributed by atoms with van der Waals surface area (Å²) < 4.78 is 1.50. The van der Waals surface area contributed by atoms with Crippen molar-refractivity contribution >= 4 is 39.7 Å². The van der Waals surface area contributed by atoms with Crippen LogP contribution in [-0.4, -0.2) is 26.7 Å². The van der Waals surface area contributed by atoms with Gasteiger partial charge in [0.2, 0.25) is 5.91 Å². The summed E-state index contributed by atoms with van der Waals surface area (Å²) in [5.41, 5.74) is 1.87. The molecule has 0 unspecified atom stereocenters. The number of carbonyl (C=O) groups is 3. The number of rotatable bonds is 4. The first-order valence-electron chi connectivity index (χ1n) is 6.39. The smallest absolute Gasteiger partial charge is 0.307 e. The van der Waals surface area contributed by atoms with Crippen LogP contribution in [-0.2, 0) is 21.8 Å². The highest BCUT2D eigenvalue weighted by atomic mass is 32.2. The predicted molar refractivity (Wildman–Crippen MR) is 81.6 cm³/mol. The minimum absolute atomic E-state index is 0.0726. The van der Waals surface area contributed by atoms with Crippen molar-refractivity contribution in [3.8, 4) is 0 Å². The molecule has 1 aromatic carbocycles. The van der Waals surface area contributed by atoms with Crippen molar-refractivity contribution in [2.75, 3.05) is 0 Å². The van der Waals surface area contributed by atoms with Crippen molar-refractivity contribution < 1.29 is 19.5 Å². The molecule has 0 saturated carbocycles. The summed E-state index contributed by atoms with van der Waals surface area (Å²) in [6, 6.07) is 7.19. The fourth-order valence-electron chi connectivity index (χ4n) is 2.39. The Bertz CT molecular complexity index is 733. The second kappa shape index (κ2) is 6.13. The molecule has 1 N–H and O–H groups in total. The minimum atomic E-state index is -0.962. The quantitative estimate of drug-likeness (QED) is 0.940. The van der Waals surface area contributed by atoms with E-state index >= 15 is 0 Å². The summed E-state index contributed by atoms with van der Waals surface area (Å²) >= 11 is 1.07. The lowest BCUT2D eigenvalue weighted by Crippen LogP contribution is -2.11. The Kier molecular flexibility index (Phi) is 4.47. The van der Waals surface area contributed by atoms with Crippen molar-refractivity contribution in [3.63, 3.8) is 0 Å². The fourth-order valence-corrected chi connectivity index (χ4v) is 3.03. The highest BCUT2D eigenvalue weighted by Crippen LogP contribution is 2.29. The number of para-hydroxylation sites is 1. The summed E-state index contributed by atoms with van der Waals surface area (Å²) in [5, 5.41) is 9.78. The molecule has 5 nitrogen and oxygen atoms in total. The van der Waals surface area contributed by atoms with Crippen LogP contribution in [0, 0.1) is 0 Å². The van der Waals surface area contributed by atoms with E-state index in [-0.39, 0.29) is 23.2 Å². The molecule has 0 spiro atoms. The Balaban J connectivity index is 2.69. The average Bonchev–Trinajstić information content (AvgIpc) is 2.70. The number of carboxylic acids is 1. The van der Waals surface area contributed by atoms with Crippen LogP contribution in [0.15, 0.2) is 24.3 Å². The lowest BCUT2D eigenvalue weighted by molar-refractivity contribution is -0.136. The van der Waals surface area contributed by atoms with Crippen molar-refractivity contribution in [3.05, 3.63) is 35.5 Å². The van der Waals surface area contributed by atoms with Crippen LogP contribution >= 0.6 is 11.8 Å². The molecule has 2 aromatic rings. The normalized spacial score (nSPS) is 10.8. The summed E-state index contributed by atoms with van der Waals surface area (Å²) in [6.45, 7) is 2.88. The van der Waals surface area contributed by atoms with Gasteiger partial charge >= 0.3 is 5.97 Å². The van der Waals surface area contributed by atoms with E-state index in [0.29, 0.717) is 16.8 Å². The number of hydrogen-bond acceptors (Lipinski definition) is 4. The highest BCUT2D eigenvalue weighted by Gasteiger charge is 2.21. The van der Waals surface area contributed by atoms with Gasteiger partial charge in [0.15, 0.2) is 5.12 Å². The summed E-state index contributed by atoms with van der Waals surface area (Å²) in [4.78, 5) is 34.3. The van der Waals surface area contributed by atoms with E-state index in [4.69, 9.17) is 5.11 Å². The standard InChI is InChI=1S/C15H15NO4S/c1-9(17)16-13-6-4-3-5-11(13)12(7-15(19)20)14(16)8-21-10(2)18/h3-6H,7-8H2,1-2H3,(H,19,20). The van der Waals surface area contributed by atoms with Crippen LogP contribution in [0.1, 0.15) is 29.9 Å². The monoisotopic (exact) mass is 305 g/mol. The van der Waals surface area contributed by atoms with Gasteiger partial charge < -0.3 is 5.11 Å². The van der Waals surface area contributed by atoms with Crippen molar-refractivity contribution in [2.24, 2.45) is 0 Å². The molecule has 0 amide bonds. The minimum Gasteiger partial charge on any atom is -0.481 e. The molecule has 0 aliphatic heterocycles. The largest absolute Gasteiger partial charge is 0.481 e. The predicted octanol–water partition coefficient (Wildman–Crippen LogP) is 2.71. The third-order valence-corrected chi connectivity index (χ3v) is 3.97. The molecule has 0 aliphatic rings. The number of benzene rings is 1. The average molecular weight is 305 g/mol. The van der Waals surface area contributed by atoms with Crippen LogP contribution in [0.4, 0.5) is 0 Å².